The number of aromatic nitrogens is 2. The van der Waals surface area contributed by atoms with Crippen molar-refractivity contribution in [1.29, 1.82) is 0 Å². The smallest absolute Gasteiger partial charge is 0.163 e. The van der Waals surface area contributed by atoms with Gasteiger partial charge < -0.3 is 11.1 Å². The van der Waals surface area contributed by atoms with Crippen molar-refractivity contribution in [3.05, 3.63) is 66.2 Å². The van der Waals surface area contributed by atoms with E-state index in [4.69, 9.17) is 5.73 Å². The molecule has 4 nitrogen and oxygen atoms in total. The summed E-state index contributed by atoms with van der Waals surface area (Å²) in [6.07, 6.45) is 0. The lowest BCUT2D eigenvalue weighted by Gasteiger charge is -2.09. The van der Waals surface area contributed by atoms with Crippen molar-refractivity contribution in [2.75, 3.05) is 11.1 Å². The van der Waals surface area contributed by atoms with Gasteiger partial charge in [-0.2, -0.15) is 0 Å². The zero-order valence-corrected chi connectivity index (χ0v) is 11.4. The molecule has 3 aromatic rings. The molecule has 0 fully saturated rings. The highest BCUT2D eigenvalue weighted by molar-refractivity contribution is 5.64. The second kappa shape index (κ2) is 5.77. The van der Waals surface area contributed by atoms with E-state index in [-0.39, 0.29) is 17.3 Å². The molecule has 0 spiro atoms. The first kappa shape index (κ1) is 13.9. The molecule has 2 aromatic carbocycles. The number of nitrogens with zero attached hydrogens (tertiary/aromatic N) is 2. The van der Waals surface area contributed by atoms with Crippen LogP contribution in [0.2, 0.25) is 0 Å². The fourth-order valence-electron chi connectivity index (χ4n) is 1.96. The summed E-state index contributed by atoms with van der Waals surface area (Å²) in [6, 6.07) is 13.5. The third kappa shape index (κ3) is 3.01. The maximum Gasteiger partial charge on any atom is 0.163 e. The van der Waals surface area contributed by atoms with E-state index in [9.17, 15) is 8.78 Å². The third-order valence-electron chi connectivity index (χ3n) is 2.98. The van der Waals surface area contributed by atoms with Gasteiger partial charge in [-0.15, -0.1) is 0 Å². The van der Waals surface area contributed by atoms with E-state index < -0.39 is 5.82 Å². The van der Waals surface area contributed by atoms with E-state index in [1.165, 1.54) is 24.3 Å². The maximum atomic E-state index is 13.7. The largest absolute Gasteiger partial charge is 0.384 e. The number of nitrogens with one attached hydrogen (secondary N) is 1. The summed E-state index contributed by atoms with van der Waals surface area (Å²) in [6.45, 7) is 0. The Morgan fingerprint density at radius 2 is 1.64 bits per heavy atom. The first-order chi connectivity index (χ1) is 10.6. The van der Waals surface area contributed by atoms with E-state index >= 15 is 0 Å². The molecule has 1 heterocycles. The quantitative estimate of drug-likeness (QED) is 0.773. The lowest BCUT2D eigenvalue weighted by molar-refractivity contribution is 0.628. The van der Waals surface area contributed by atoms with Crippen LogP contribution in [0.3, 0.4) is 0 Å². The minimum absolute atomic E-state index is 0.230. The Morgan fingerprint density at radius 1 is 0.909 bits per heavy atom. The van der Waals surface area contributed by atoms with E-state index in [1.54, 1.807) is 30.3 Å². The van der Waals surface area contributed by atoms with Gasteiger partial charge in [0.15, 0.2) is 5.82 Å². The molecule has 0 radical (unpaired) electrons. The van der Waals surface area contributed by atoms with Gasteiger partial charge in [-0.05, 0) is 36.4 Å². The molecule has 0 saturated carbocycles. The minimum atomic E-state index is -0.400. The van der Waals surface area contributed by atoms with Crippen LogP contribution in [0.25, 0.3) is 11.4 Å². The van der Waals surface area contributed by atoms with Gasteiger partial charge >= 0.3 is 0 Å². The molecule has 0 atom stereocenters. The van der Waals surface area contributed by atoms with E-state index in [0.717, 1.165) is 0 Å². The van der Waals surface area contributed by atoms with E-state index in [2.05, 4.69) is 15.3 Å². The fraction of sp³-hybridized carbons (Fsp3) is 0. The number of anilines is 3. The van der Waals surface area contributed by atoms with Gasteiger partial charge in [0, 0.05) is 11.6 Å². The molecule has 0 saturated heterocycles. The summed E-state index contributed by atoms with van der Waals surface area (Å²) in [5, 5.41) is 2.85. The SMILES string of the molecule is Nc1cc(Nc2ccccc2F)nc(-c2ccc(F)cc2)n1. The van der Waals surface area contributed by atoms with Crippen LogP contribution >= 0.6 is 0 Å². The average Bonchev–Trinajstić information content (AvgIpc) is 2.50. The number of hydrogen-bond donors (Lipinski definition) is 2. The molecule has 0 aliphatic carbocycles. The number of nitrogens with two attached hydrogens (primary N) is 1. The molecule has 0 aliphatic rings. The molecule has 0 bridgehead atoms. The molecule has 0 amide bonds. The zero-order valence-electron chi connectivity index (χ0n) is 11.4. The number of halogens is 2. The summed E-state index contributed by atoms with van der Waals surface area (Å²) in [4.78, 5) is 8.39. The molecule has 3 N–H and O–H groups in total. The van der Waals surface area contributed by atoms with Gasteiger partial charge in [0.25, 0.3) is 0 Å². The van der Waals surface area contributed by atoms with E-state index in [1.807, 2.05) is 0 Å². The highest BCUT2D eigenvalue weighted by Crippen LogP contribution is 2.23. The van der Waals surface area contributed by atoms with Crippen molar-refractivity contribution in [3.63, 3.8) is 0 Å². The van der Waals surface area contributed by atoms with Crippen molar-refractivity contribution in [1.82, 2.24) is 9.97 Å². The monoisotopic (exact) mass is 298 g/mol. The summed E-state index contributed by atoms with van der Waals surface area (Å²) in [5.74, 6) is 0.171. The lowest BCUT2D eigenvalue weighted by atomic mass is 10.2. The second-order valence-electron chi connectivity index (χ2n) is 4.61. The summed E-state index contributed by atoms with van der Waals surface area (Å²) in [5.41, 5.74) is 6.66. The van der Waals surface area contributed by atoms with Crippen molar-refractivity contribution >= 4 is 17.3 Å². The van der Waals surface area contributed by atoms with E-state index in [0.29, 0.717) is 17.2 Å². The van der Waals surface area contributed by atoms with Crippen LogP contribution in [-0.2, 0) is 0 Å². The highest BCUT2D eigenvalue weighted by Gasteiger charge is 2.08. The molecule has 1 aromatic heterocycles. The van der Waals surface area contributed by atoms with Gasteiger partial charge in [0.05, 0.1) is 5.69 Å². The molecule has 22 heavy (non-hydrogen) atoms. The van der Waals surface area contributed by atoms with Gasteiger partial charge in [-0.3, -0.25) is 0 Å². The van der Waals surface area contributed by atoms with Crippen molar-refractivity contribution in [2.24, 2.45) is 0 Å². The second-order valence-corrected chi connectivity index (χ2v) is 4.61. The first-order valence-electron chi connectivity index (χ1n) is 6.54. The molecular formula is C16H12F2N4. The Hall–Kier alpha value is -3.02. The third-order valence-corrected chi connectivity index (χ3v) is 2.98. The Balaban J connectivity index is 1.96. The van der Waals surface area contributed by atoms with Crippen LogP contribution in [0.5, 0.6) is 0 Å². The summed E-state index contributed by atoms with van der Waals surface area (Å²) >= 11 is 0. The Morgan fingerprint density at radius 3 is 2.36 bits per heavy atom. The topological polar surface area (TPSA) is 63.8 Å². The van der Waals surface area contributed by atoms with Crippen LogP contribution in [0, 0.1) is 11.6 Å². The molecular weight excluding hydrogens is 286 g/mol. The highest BCUT2D eigenvalue weighted by atomic mass is 19.1. The van der Waals surface area contributed by atoms with Crippen LogP contribution in [0.4, 0.5) is 26.1 Å². The normalized spacial score (nSPS) is 10.5. The predicted octanol–water partition coefficient (Wildman–Crippen LogP) is 3.75. The number of benzene rings is 2. The maximum absolute atomic E-state index is 13.7. The van der Waals surface area contributed by atoms with Crippen LogP contribution in [0.15, 0.2) is 54.6 Å². The van der Waals surface area contributed by atoms with Gasteiger partial charge in [0.1, 0.15) is 23.3 Å². The van der Waals surface area contributed by atoms with Gasteiger partial charge in [0.2, 0.25) is 0 Å². The summed E-state index contributed by atoms with van der Waals surface area (Å²) in [7, 11) is 0. The molecule has 0 unspecified atom stereocenters. The molecule has 6 heteroatoms. The Kier molecular flexibility index (Phi) is 3.65. The van der Waals surface area contributed by atoms with Crippen LogP contribution < -0.4 is 11.1 Å². The Bertz CT molecular complexity index is 803. The summed E-state index contributed by atoms with van der Waals surface area (Å²) < 4.78 is 26.6. The van der Waals surface area contributed by atoms with Gasteiger partial charge in [-0.25, -0.2) is 18.7 Å². The number of nitrogen functional groups attached to an aromatic ring is 1. The number of para-hydroxylation sites is 1. The molecule has 110 valence electrons. The van der Waals surface area contributed by atoms with Crippen molar-refractivity contribution in [3.8, 4) is 11.4 Å². The first-order valence-corrected chi connectivity index (χ1v) is 6.54. The van der Waals surface area contributed by atoms with Gasteiger partial charge in [-0.1, -0.05) is 12.1 Å². The van der Waals surface area contributed by atoms with Crippen molar-refractivity contribution in [2.45, 2.75) is 0 Å². The van der Waals surface area contributed by atoms with Crippen LogP contribution in [0.1, 0.15) is 0 Å². The fourth-order valence-corrected chi connectivity index (χ4v) is 1.96. The predicted molar refractivity (Wildman–Crippen MR) is 81.5 cm³/mol. The zero-order chi connectivity index (χ0) is 15.5. The molecule has 3 rings (SSSR count). The Labute approximate surface area is 125 Å². The standard InChI is InChI=1S/C16H12F2N4/c17-11-7-5-10(6-8-11)16-21-14(19)9-15(22-16)20-13-4-2-1-3-12(13)18/h1-9H,(H3,19,20,21,22). The lowest BCUT2D eigenvalue weighted by Crippen LogP contribution is -2.02. The number of rotatable bonds is 3. The number of hydrogen-bond acceptors (Lipinski definition) is 4. The van der Waals surface area contributed by atoms with Crippen LogP contribution in [-0.4, -0.2) is 9.97 Å². The van der Waals surface area contributed by atoms with Crippen molar-refractivity contribution < 1.29 is 8.78 Å². The average molecular weight is 298 g/mol. The minimum Gasteiger partial charge on any atom is -0.384 e. The molecule has 0 aliphatic heterocycles.